The monoisotopic (exact) mass is 324 g/mol. The van der Waals surface area contributed by atoms with Crippen LogP contribution in [0.3, 0.4) is 0 Å². The van der Waals surface area contributed by atoms with Crippen molar-refractivity contribution in [3.05, 3.63) is 47.3 Å². The van der Waals surface area contributed by atoms with Gasteiger partial charge in [-0.05, 0) is 57.5 Å². The third-order valence-electron chi connectivity index (χ3n) is 4.82. The minimum atomic E-state index is -0.225. The van der Waals surface area contributed by atoms with Crippen LogP contribution in [-0.4, -0.2) is 28.0 Å². The number of hydrogen-bond acceptors (Lipinski definition) is 3. The number of aromatic nitrogens is 3. The first-order chi connectivity index (χ1) is 11.6. The average molecular weight is 324 g/mol. The van der Waals surface area contributed by atoms with Crippen molar-refractivity contribution in [3.8, 4) is 22.5 Å². The summed E-state index contributed by atoms with van der Waals surface area (Å²) < 4.78 is 13.3. The van der Waals surface area contributed by atoms with Crippen LogP contribution in [0.1, 0.15) is 36.0 Å². The minimum Gasteiger partial charge on any atom is -0.342 e. The standard InChI is InChI=1S/C19H21FN4/c1-11-16(13-3-5-15(20)6-4-13)18-19(22-11)17(23-12(2)24-18)14-7-9-21-10-8-14/h3-6,14,21H,7-10H2,1-2H3,(H,23,24). The van der Waals surface area contributed by atoms with E-state index in [1.165, 1.54) is 12.1 Å². The highest BCUT2D eigenvalue weighted by Gasteiger charge is 2.27. The van der Waals surface area contributed by atoms with Gasteiger partial charge in [0.1, 0.15) is 17.3 Å². The Morgan fingerprint density at radius 1 is 1.04 bits per heavy atom. The van der Waals surface area contributed by atoms with Crippen LogP contribution in [0.5, 0.6) is 0 Å². The third kappa shape index (κ3) is 2.59. The molecule has 124 valence electrons. The van der Waals surface area contributed by atoms with E-state index < -0.39 is 0 Å². The number of nitrogens with one attached hydrogen (secondary N) is 2. The lowest BCUT2D eigenvalue weighted by Crippen LogP contribution is -2.27. The fraction of sp³-hybridized carbons (Fsp3) is 0.368. The zero-order valence-corrected chi connectivity index (χ0v) is 14.0. The van der Waals surface area contributed by atoms with Crippen LogP contribution in [0, 0.1) is 19.7 Å². The number of aryl methyl sites for hydroxylation is 2. The van der Waals surface area contributed by atoms with E-state index in [0.717, 1.165) is 65.7 Å². The van der Waals surface area contributed by atoms with E-state index in [2.05, 4.69) is 10.3 Å². The molecule has 1 fully saturated rings. The summed E-state index contributed by atoms with van der Waals surface area (Å²) in [6, 6.07) is 6.62. The molecule has 1 aromatic carbocycles. The SMILES string of the molecule is Cc1nc(C2CCNCC2)c2nc(C)c(-c3ccc(F)cc3)c-2[nH]1. The normalized spacial score (nSPS) is 16.0. The van der Waals surface area contributed by atoms with Gasteiger partial charge in [-0.1, -0.05) is 12.1 Å². The van der Waals surface area contributed by atoms with Gasteiger partial charge < -0.3 is 10.3 Å². The summed E-state index contributed by atoms with van der Waals surface area (Å²) >= 11 is 0. The van der Waals surface area contributed by atoms with Gasteiger partial charge in [0.2, 0.25) is 0 Å². The molecule has 4 rings (SSSR count). The lowest BCUT2D eigenvalue weighted by Gasteiger charge is -2.24. The van der Waals surface area contributed by atoms with Gasteiger partial charge in [-0.3, -0.25) is 0 Å². The molecule has 0 aromatic heterocycles. The van der Waals surface area contributed by atoms with Crippen molar-refractivity contribution < 1.29 is 4.39 Å². The number of aromatic amines is 1. The maximum Gasteiger partial charge on any atom is 0.123 e. The Morgan fingerprint density at radius 2 is 1.75 bits per heavy atom. The van der Waals surface area contributed by atoms with Crippen molar-refractivity contribution in [1.29, 1.82) is 0 Å². The van der Waals surface area contributed by atoms with Crippen LogP contribution in [0.2, 0.25) is 0 Å². The van der Waals surface area contributed by atoms with Gasteiger partial charge in [0.15, 0.2) is 0 Å². The number of rotatable bonds is 2. The number of piperidine rings is 1. The predicted octanol–water partition coefficient (Wildman–Crippen LogP) is 3.80. The van der Waals surface area contributed by atoms with Gasteiger partial charge in [-0.2, -0.15) is 0 Å². The van der Waals surface area contributed by atoms with Crippen LogP contribution < -0.4 is 5.32 Å². The van der Waals surface area contributed by atoms with E-state index >= 15 is 0 Å². The predicted molar refractivity (Wildman–Crippen MR) is 92.7 cm³/mol. The topological polar surface area (TPSA) is 53.6 Å². The highest BCUT2D eigenvalue weighted by atomic mass is 19.1. The second-order valence-corrected chi connectivity index (χ2v) is 6.53. The first kappa shape index (κ1) is 15.3. The van der Waals surface area contributed by atoms with Crippen molar-refractivity contribution in [1.82, 2.24) is 20.3 Å². The summed E-state index contributed by atoms with van der Waals surface area (Å²) in [6.45, 7) is 6.04. The van der Waals surface area contributed by atoms with Crippen molar-refractivity contribution >= 4 is 0 Å². The van der Waals surface area contributed by atoms with Gasteiger partial charge in [-0.15, -0.1) is 0 Å². The molecular weight excluding hydrogens is 303 g/mol. The molecule has 0 bridgehead atoms. The molecule has 1 aromatic rings. The van der Waals surface area contributed by atoms with Gasteiger partial charge in [-0.25, -0.2) is 14.4 Å². The molecular formula is C19H21FN4. The Morgan fingerprint density at radius 3 is 2.46 bits per heavy atom. The van der Waals surface area contributed by atoms with Crippen LogP contribution in [0.15, 0.2) is 24.3 Å². The number of H-pyrrole nitrogens is 1. The highest BCUT2D eigenvalue weighted by molar-refractivity contribution is 5.84. The molecule has 0 amide bonds. The lowest BCUT2D eigenvalue weighted by molar-refractivity contribution is 0.452. The second kappa shape index (κ2) is 5.98. The Bertz CT molecular complexity index is 831. The molecule has 2 N–H and O–H groups in total. The van der Waals surface area contributed by atoms with Crippen LogP contribution >= 0.6 is 0 Å². The fourth-order valence-corrected chi connectivity index (χ4v) is 3.68. The number of benzene rings is 1. The van der Waals surface area contributed by atoms with Crippen LogP contribution in [0.4, 0.5) is 4.39 Å². The van der Waals surface area contributed by atoms with Gasteiger partial charge in [0, 0.05) is 17.2 Å². The van der Waals surface area contributed by atoms with Crippen molar-refractivity contribution in [2.75, 3.05) is 13.1 Å². The van der Waals surface area contributed by atoms with Gasteiger partial charge in [0.25, 0.3) is 0 Å². The van der Waals surface area contributed by atoms with E-state index in [-0.39, 0.29) is 5.82 Å². The summed E-state index contributed by atoms with van der Waals surface area (Å²) in [6.07, 6.45) is 2.17. The van der Waals surface area contributed by atoms with E-state index in [1.807, 2.05) is 26.0 Å². The number of fused-ring (bicyclic) bond motifs is 1. The summed E-state index contributed by atoms with van der Waals surface area (Å²) in [5, 5.41) is 3.40. The number of halogens is 1. The van der Waals surface area contributed by atoms with E-state index in [4.69, 9.17) is 9.97 Å². The summed E-state index contributed by atoms with van der Waals surface area (Å²) in [4.78, 5) is 13.0. The molecule has 24 heavy (non-hydrogen) atoms. The van der Waals surface area contributed by atoms with Crippen molar-refractivity contribution in [2.45, 2.75) is 32.6 Å². The first-order valence-corrected chi connectivity index (χ1v) is 8.47. The molecule has 3 aliphatic heterocycles. The number of nitrogens with zero attached hydrogens (tertiary/aromatic N) is 2. The lowest BCUT2D eigenvalue weighted by atomic mass is 9.91. The maximum absolute atomic E-state index is 13.3. The smallest absolute Gasteiger partial charge is 0.123 e. The van der Waals surface area contributed by atoms with E-state index in [1.54, 1.807) is 0 Å². The quantitative estimate of drug-likeness (QED) is 0.754. The zero-order chi connectivity index (χ0) is 16.7. The largest absolute Gasteiger partial charge is 0.342 e. The molecule has 0 saturated carbocycles. The fourth-order valence-electron chi connectivity index (χ4n) is 3.68. The Balaban J connectivity index is 1.86. The van der Waals surface area contributed by atoms with Crippen molar-refractivity contribution in [2.24, 2.45) is 0 Å². The minimum absolute atomic E-state index is 0.225. The number of hydrogen-bond donors (Lipinski definition) is 2. The summed E-state index contributed by atoms with van der Waals surface area (Å²) in [5.74, 6) is 1.11. The molecule has 0 aliphatic carbocycles. The Hall–Kier alpha value is -2.27. The maximum atomic E-state index is 13.3. The summed E-state index contributed by atoms with van der Waals surface area (Å²) in [7, 11) is 0. The molecule has 1 saturated heterocycles. The molecule has 0 unspecified atom stereocenters. The molecule has 5 heteroatoms. The highest BCUT2D eigenvalue weighted by Crippen LogP contribution is 2.40. The Kier molecular flexibility index (Phi) is 3.81. The van der Waals surface area contributed by atoms with Crippen LogP contribution in [0.25, 0.3) is 22.5 Å². The molecule has 3 aliphatic rings. The second-order valence-electron chi connectivity index (χ2n) is 6.53. The van der Waals surface area contributed by atoms with E-state index in [0.29, 0.717) is 5.92 Å². The van der Waals surface area contributed by atoms with Gasteiger partial charge in [0.05, 0.1) is 11.4 Å². The van der Waals surface area contributed by atoms with Gasteiger partial charge >= 0.3 is 0 Å². The van der Waals surface area contributed by atoms with Crippen molar-refractivity contribution in [3.63, 3.8) is 0 Å². The Labute approximate surface area is 140 Å². The molecule has 3 heterocycles. The first-order valence-electron chi connectivity index (χ1n) is 8.47. The zero-order valence-electron chi connectivity index (χ0n) is 14.0. The third-order valence-corrected chi connectivity index (χ3v) is 4.82. The molecule has 0 atom stereocenters. The average Bonchev–Trinajstić information content (AvgIpc) is 2.91. The summed E-state index contributed by atoms with van der Waals surface area (Å²) in [5.41, 5.74) is 6.05. The molecule has 0 spiro atoms. The van der Waals surface area contributed by atoms with Crippen LogP contribution in [-0.2, 0) is 0 Å². The molecule has 4 nitrogen and oxygen atoms in total. The molecule has 0 radical (unpaired) electrons. The van der Waals surface area contributed by atoms with E-state index in [9.17, 15) is 4.39 Å².